The summed E-state index contributed by atoms with van der Waals surface area (Å²) in [4.78, 5) is 4.26. The first-order valence-electron chi connectivity index (χ1n) is 4.07. The normalized spacial score (nSPS) is 10.3. The zero-order valence-corrected chi connectivity index (χ0v) is 7.57. The molecule has 0 saturated carbocycles. The number of rotatable bonds is 1. The molecule has 4 nitrogen and oxygen atoms in total. The molecule has 0 spiro atoms. The zero-order valence-electron chi connectivity index (χ0n) is 7.57. The molecule has 4 heteroatoms. The number of pyridine rings is 1. The first-order valence-corrected chi connectivity index (χ1v) is 4.07. The van der Waals surface area contributed by atoms with Gasteiger partial charge in [-0.1, -0.05) is 5.21 Å². The monoisotopic (exact) mass is 174 g/mol. The van der Waals surface area contributed by atoms with Gasteiger partial charge in [0.15, 0.2) is 0 Å². The molecular weight excluding hydrogens is 164 g/mol. The summed E-state index contributed by atoms with van der Waals surface area (Å²) in [6.07, 6.45) is 3.58. The van der Waals surface area contributed by atoms with Gasteiger partial charge in [-0.25, -0.2) is 0 Å². The molecule has 0 radical (unpaired) electrons. The highest BCUT2D eigenvalue weighted by Gasteiger charge is 2.02. The summed E-state index contributed by atoms with van der Waals surface area (Å²) in [5.74, 6) is 0. The largest absolute Gasteiger partial charge is 0.265 e. The molecule has 0 aromatic carbocycles. The Kier molecular flexibility index (Phi) is 1.81. The summed E-state index contributed by atoms with van der Waals surface area (Å²) in [7, 11) is 0. The van der Waals surface area contributed by atoms with Crippen molar-refractivity contribution in [3.05, 3.63) is 29.6 Å². The highest BCUT2D eigenvalue weighted by atomic mass is 15.3. The van der Waals surface area contributed by atoms with E-state index >= 15 is 0 Å². The lowest BCUT2D eigenvalue weighted by atomic mass is 10.1. The summed E-state index contributed by atoms with van der Waals surface area (Å²) in [5.41, 5.74) is 4.04. The van der Waals surface area contributed by atoms with Crippen LogP contribution in [0.3, 0.4) is 0 Å². The fraction of sp³-hybridized carbons (Fsp3) is 0.222. The standard InChI is InChI=1S/C9H10N4/c1-6-3-8(10-4-7(6)2)9-5-11-13-12-9/h3-5H,1-2H3,(H,11,12,13). The number of nitrogens with one attached hydrogen (secondary N) is 1. The number of nitrogens with zero attached hydrogens (tertiary/aromatic N) is 3. The Morgan fingerprint density at radius 1 is 1.15 bits per heavy atom. The van der Waals surface area contributed by atoms with Crippen LogP contribution in [0.15, 0.2) is 18.5 Å². The Bertz CT molecular complexity index is 406. The lowest BCUT2D eigenvalue weighted by Crippen LogP contribution is -1.88. The Morgan fingerprint density at radius 3 is 2.62 bits per heavy atom. The summed E-state index contributed by atoms with van der Waals surface area (Å²) in [5, 5.41) is 10.2. The Hall–Kier alpha value is -1.71. The summed E-state index contributed by atoms with van der Waals surface area (Å²) >= 11 is 0. The lowest BCUT2D eigenvalue weighted by molar-refractivity contribution is 0.940. The molecule has 0 saturated heterocycles. The van der Waals surface area contributed by atoms with Gasteiger partial charge in [0.1, 0.15) is 5.69 Å². The quantitative estimate of drug-likeness (QED) is 0.712. The third-order valence-corrected chi connectivity index (χ3v) is 2.05. The summed E-state index contributed by atoms with van der Waals surface area (Å²) in [6.45, 7) is 4.09. The predicted octanol–water partition coefficient (Wildman–Crippen LogP) is 1.48. The van der Waals surface area contributed by atoms with E-state index in [4.69, 9.17) is 0 Å². The van der Waals surface area contributed by atoms with Gasteiger partial charge in [-0.2, -0.15) is 0 Å². The molecule has 0 atom stereocenters. The highest BCUT2D eigenvalue weighted by molar-refractivity contribution is 5.53. The number of H-pyrrole nitrogens is 1. The molecule has 0 bridgehead atoms. The fourth-order valence-electron chi connectivity index (χ4n) is 1.09. The Labute approximate surface area is 76.0 Å². The van der Waals surface area contributed by atoms with E-state index in [9.17, 15) is 0 Å². The van der Waals surface area contributed by atoms with Crippen molar-refractivity contribution >= 4 is 0 Å². The van der Waals surface area contributed by atoms with Crippen molar-refractivity contribution in [1.29, 1.82) is 0 Å². The van der Waals surface area contributed by atoms with Crippen molar-refractivity contribution in [2.24, 2.45) is 0 Å². The number of aromatic nitrogens is 4. The minimum Gasteiger partial charge on any atom is -0.265 e. The van der Waals surface area contributed by atoms with Gasteiger partial charge in [-0.15, -0.1) is 5.10 Å². The second kappa shape index (κ2) is 2.97. The number of aromatic amines is 1. The molecule has 2 heterocycles. The summed E-state index contributed by atoms with van der Waals surface area (Å²) in [6, 6.07) is 2.01. The van der Waals surface area contributed by atoms with E-state index in [1.807, 2.05) is 19.2 Å². The summed E-state index contributed by atoms with van der Waals surface area (Å²) < 4.78 is 0. The van der Waals surface area contributed by atoms with E-state index in [1.165, 1.54) is 11.1 Å². The van der Waals surface area contributed by atoms with E-state index in [0.29, 0.717) is 0 Å². The molecule has 0 unspecified atom stereocenters. The maximum absolute atomic E-state index is 4.26. The number of aryl methyl sites for hydroxylation is 2. The molecule has 13 heavy (non-hydrogen) atoms. The molecule has 0 aliphatic rings. The van der Waals surface area contributed by atoms with Crippen LogP contribution in [0.25, 0.3) is 11.4 Å². The van der Waals surface area contributed by atoms with Crippen LogP contribution in [0, 0.1) is 13.8 Å². The molecule has 2 aromatic heterocycles. The first kappa shape index (κ1) is 7.91. The van der Waals surface area contributed by atoms with E-state index in [1.54, 1.807) is 6.20 Å². The van der Waals surface area contributed by atoms with E-state index in [0.717, 1.165) is 11.4 Å². The average Bonchev–Trinajstić information content (AvgIpc) is 2.62. The van der Waals surface area contributed by atoms with Gasteiger partial charge in [-0.3, -0.25) is 10.1 Å². The lowest BCUT2D eigenvalue weighted by Gasteiger charge is -2.00. The van der Waals surface area contributed by atoms with Crippen molar-refractivity contribution in [3.8, 4) is 11.4 Å². The van der Waals surface area contributed by atoms with E-state index in [2.05, 4.69) is 27.3 Å². The number of hydrogen-bond acceptors (Lipinski definition) is 3. The number of hydrogen-bond donors (Lipinski definition) is 1. The van der Waals surface area contributed by atoms with Crippen LogP contribution in [-0.2, 0) is 0 Å². The van der Waals surface area contributed by atoms with Gasteiger partial charge in [0.05, 0.1) is 11.9 Å². The third kappa shape index (κ3) is 1.42. The zero-order chi connectivity index (χ0) is 9.26. The second-order valence-electron chi connectivity index (χ2n) is 3.01. The van der Waals surface area contributed by atoms with E-state index in [-0.39, 0.29) is 0 Å². The van der Waals surface area contributed by atoms with Gasteiger partial charge < -0.3 is 0 Å². The van der Waals surface area contributed by atoms with Gasteiger partial charge >= 0.3 is 0 Å². The van der Waals surface area contributed by atoms with Crippen LogP contribution >= 0.6 is 0 Å². The second-order valence-corrected chi connectivity index (χ2v) is 3.01. The third-order valence-electron chi connectivity index (χ3n) is 2.05. The van der Waals surface area contributed by atoms with Crippen molar-refractivity contribution in [3.63, 3.8) is 0 Å². The molecule has 1 N–H and O–H groups in total. The van der Waals surface area contributed by atoms with Crippen LogP contribution in [-0.4, -0.2) is 20.4 Å². The van der Waals surface area contributed by atoms with Crippen molar-refractivity contribution < 1.29 is 0 Å². The molecule has 0 aliphatic carbocycles. The molecule has 2 aromatic rings. The molecule has 2 rings (SSSR count). The predicted molar refractivity (Wildman–Crippen MR) is 49.1 cm³/mol. The molecule has 0 aliphatic heterocycles. The van der Waals surface area contributed by atoms with Gasteiger partial charge in [0.25, 0.3) is 0 Å². The Morgan fingerprint density at radius 2 is 2.00 bits per heavy atom. The van der Waals surface area contributed by atoms with Gasteiger partial charge in [0.2, 0.25) is 0 Å². The van der Waals surface area contributed by atoms with Crippen molar-refractivity contribution in [2.45, 2.75) is 13.8 Å². The van der Waals surface area contributed by atoms with Gasteiger partial charge in [0, 0.05) is 6.20 Å². The fourth-order valence-corrected chi connectivity index (χ4v) is 1.09. The molecule has 0 fully saturated rings. The molecular formula is C9H10N4. The highest BCUT2D eigenvalue weighted by Crippen LogP contribution is 2.15. The van der Waals surface area contributed by atoms with Crippen LogP contribution < -0.4 is 0 Å². The van der Waals surface area contributed by atoms with Crippen LogP contribution in [0.1, 0.15) is 11.1 Å². The maximum atomic E-state index is 4.26. The van der Waals surface area contributed by atoms with Crippen LogP contribution in [0.5, 0.6) is 0 Å². The Balaban J connectivity index is 2.49. The SMILES string of the molecule is Cc1cnc(-c2c[nH]nn2)cc1C. The van der Waals surface area contributed by atoms with Gasteiger partial charge in [-0.05, 0) is 31.0 Å². The van der Waals surface area contributed by atoms with Crippen molar-refractivity contribution in [2.75, 3.05) is 0 Å². The first-order chi connectivity index (χ1) is 6.27. The van der Waals surface area contributed by atoms with Crippen LogP contribution in [0.2, 0.25) is 0 Å². The smallest absolute Gasteiger partial charge is 0.131 e. The maximum Gasteiger partial charge on any atom is 0.131 e. The minimum absolute atomic E-state index is 0.781. The molecule has 0 amide bonds. The van der Waals surface area contributed by atoms with E-state index < -0.39 is 0 Å². The molecule has 66 valence electrons. The topological polar surface area (TPSA) is 54.5 Å². The van der Waals surface area contributed by atoms with Crippen LogP contribution in [0.4, 0.5) is 0 Å². The average molecular weight is 174 g/mol. The minimum atomic E-state index is 0.781. The van der Waals surface area contributed by atoms with Crippen molar-refractivity contribution in [1.82, 2.24) is 20.4 Å².